The second-order valence-electron chi connectivity index (χ2n) is 7.16. The van der Waals surface area contributed by atoms with Crippen molar-refractivity contribution in [3.05, 3.63) is 42.3 Å². The molecule has 6 heteroatoms. The van der Waals surface area contributed by atoms with Gasteiger partial charge in [-0.2, -0.15) is 5.26 Å². The maximum Gasteiger partial charge on any atom is 0.154 e. The van der Waals surface area contributed by atoms with Gasteiger partial charge in [-0.15, -0.1) is 16.7 Å². The van der Waals surface area contributed by atoms with Crippen LogP contribution in [-0.2, 0) is 0 Å². The van der Waals surface area contributed by atoms with E-state index in [1.54, 1.807) is 0 Å². The van der Waals surface area contributed by atoms with Gasteiger partial charge in [-0.3, -0.25) is 0 Å². The molecule has 4 rings (SSSR count). The van der Waals surface area contributed by atoms with E-state index in [2.05, 4.69) is 22.4 Å². The molecule has 5 nitrogen and oxygen atoms in total. The minimum atomic E-state index is 0.0189. The number of nitriles is 1. The average Bonchev–Trinajstić information content (AvgIpc) is 3.10. The lowest BCUT2D eigenvalue weighted by molar-refractivity contribution is 0.327. The van der Waals surface area contributed by atoms with Crippen molar-refractivity contribution in [2.24, 2.45) is 11.8 Å². The molecule has 0 aliphatic heterocycles. The molecule has 0 bridgehead atoms. The molecule has 1 saturated carbocycles. The molecule has 2 heterocycles. The topological polar surface area (TPSA) is 66.0 Å². The maximum absolute atomic E-state index is 9.01. The van der Waals surface area contributed by atoms with Gasteiger partial charge in [0.2, 0.25) is 0 Å². The number of nitrogens with zero attached hydrogens (tertiary/aromatic N) is 4. The van der Waals surface area contributed by atoms with Gasteiger partial charge in [0.15, 0.2) is 5.65 Å². The fraction of sp³-hybridized carbons (Fsp3) is 0.450. The standard InChI is InChI=1S/C20H22ClN5/c21-17-3-1-2-16(10-17)18-13-24-20-9-8-19(25-26(18)20)23-12-15-6-4-14(11-22)5-7-15/h1-3,8-9,13-15,17H,4-7,10,12H2,(H,23,25)/t14-,15-,17?. The average molecular weight is 368 g/mol. The summed E-state index contributed by atoms with van der Waals surface area (Å²) >= 11 is 6.26. The van der Waals surface area contributed by atoms with E-state index in [-0.39, 0.29) is 11.3 Å². The molecule has 2 aliphatic carbocycles. The Kier molecular flexibility index (Phi) is 4.94. The number of rotatable bonds is 4. The predicted octanol–water partition coefficient (Wildman–Crippen LogP) is 4.42. The van der Waals surface area contributed by atoms with Gasteiger partial charge in [0, 0.05) is 12.5 Å². The number of hydrogen-bond donors (Lipinski definition) is 1. The molecule has 0 amide bonds. The van der Waals surface area contributed by atoms with Crippen LogP contribution in [0.3, 0.4) is 0 Å². The summed E-state index contributed by atoms with van der Waals surface area (Å²) in [5, 5.41) is 17.2. The number of anilines is 1. The van der Waals surface area contributed by atoms with Gasteiger partial charge in [-0.1, -0.05) is 18.2 Å². The lowest BCUT2D eigenvalue weighted by Crippen LogP contribution is -2.21. The zero-order valence-electron chi connectivity index (χ0n) is 14.6. The van der Waals surface area contributed by atoms with Crippen LogP contribution in [0.15, 0.2) is 36.6 Å². The summed E-state index contributed by atoms with van der Waals surface area (Å²) in [6.07, 6.45) is 13.0. The minimum Gasteiger partial charge on any atom is -0.368 e. The molecule has 0 aromatic carbocycles. The Hall–Kier alpha value is -2.32. The van der Waals surface area contributed by atoms with Crippen molar-refractivity contribution in [2.45, 2.75) is 37.5 Å². The van der Waals surface area contributed by atoms with Crippen molar-refractivity contribution in [1.82, 2.24) is 14.6 Å². The largest absolute Gasteiger partial charge is 0.368 e. The number of halogens is 1. The number of alkyl halides is 1. The van der Waals surface area contributed by atoms with Crippen molar-refractivity contribution in [2.75, 3.05) is 11.9 Å². The molecule has 1 atom stereocenters. The Morgan fingerprint density at radius 3 is 2.88 bits per heavy atom. The van der Waals surface area contributed by atoms with E-state index in [1.165, 1.54) is 0 Å². The molecule has 0 radical (unpaired) electrons. The number of allylic oxidation sites excluding steroid dienone is 4. The normalized spacial score (nSPS) is 25.7. The molecule has 2 aromatic rings. The van der Waals surface area contributed by atoms with Gasteiger partial charge in [0.05, 0.1) is 23.3 Å². The van der Waals surface area contributed by atoms with Crippen LogP contribution in [0.5, 0.6) is 0 Å². The summed E-state index contributed by atoms with van der Waals surface area (Å²) in [4.78, 5) is 4.46. The van der Waals surface area contributed by atoms with Crippen LogP contribution in [0.25, 0.3) is 11.2 Å². The van der Waals surface area contributed by atoms with E-state index in [4.69, 9.17) is 22.0 Å². The molecule has 0 spiro atoms. The fourth-order valence-corrected chi connectivity index (χ4v) is 4.01. The van der Waals surface area contributed by atoms with Gasteiger partial charge in [0.1, 0.15) is 5.82 Å². The van der Waals surface area contributed by atoms with Gasteiger partial charge < -0.3 is 5.32 Å². The Morgan fingerprint density at radius 2 is 2.12 bits per heavy atom. The highest BCUT2D eigenvalue weighted by Gasteiger charge is 2.21. The van der Waals surface area contributed by atoms with E-state index in [1.807, 2.05) is 35.0 Å². The van der Waals surface area contributed by atoms with Crippen molar-refractivity contribution < 1.29 is 0 Å². The second kappa shape index (κ2) is 7.51. The molecule has 2 aromatic heterocycles. The first-order chi connectivity index (χ1) is 12.7. The number of aromatic nitrogens is 3. The van der Waals surface area contributed by atoms with Crippen LogP contribution >= 0.6 is 11.6 Å². The van der Waals surface area contributed by atoms with E-state index in [0.29, 0.717) is 5.92 Å². The highest BCUT2D eigenvalue weighted by atomic mass is 35.5. The second-order valence-corrected chi connectivity index (χ2v) is 7.72. The van der Waals surface area contributed by atoms with Crippen molar-refractivity contribution in [3.8, 4) is 6.07 Å². The fourth-order valence-electron chi connectivity index (χ4n) is 3.76. The van der Waals surface area contributed by atoms with Crippen molar-refractivity contribution >= 4 is 28.6 Å². The zero-order valence-corrected chi connectivity index (χ0v) is 15.4. The molecular weight excluding hydrogens is 346 g/mol. The van der Waals surface area contributed by atoms with Crippen molar-refractivity contribution in [1.29, 1.82) is 5.26 Å². The summed E-state index contributed by atoms with van der Waals surface area (Å²) in [5.41, 5.74) is 2.98. The van der Waals surface area contributed by atoms with Crippen LogP contribution in [-0.4, -0.2) is 26.5 Å². The highest BCUT2D eigenvalue weighted by molar-refractivity contribution is 6.22. The van der Waals surface area contributed by atoms with E-state index in [9.17, 15) is 0 Å². The predicted molar refractivity (Wildman–Crippen MR) is 104 cm³/mol. The third-order valence-electron chi connectivity index (χ3n) is 5.32. The number of hydrogen-bond acceptors (Lipinski definition) is 4. The lowest BCUT2D eigenvalue weighted by Gasteiger charge is -2.25. The Balaban J connectivity index is 1.47. The lowest BCUT2D eigenvalue weighted by atomic mass is 9.83. The van der Waals surface area contributed by atoms with Gasteiger partial charge in [-0.25, -0.2) is 9.50 Å². The van der Waals surface area contributed by atoms with Crippen LogP contribution in [0.1, 0.15) is 37.8 Å². The molecule has 1 fully saturated rings. The molecule has 134 valence electrons. The van der Waals surface area contributed by atoms with Crippen LogP contribution < -0.4 is 5.32 Å². The summed E-state index contributed by atoms with van der Waals surface area (Å²) in [5.74, 6) is 1.72. The molecule has 1 N–H and O–H groups in total. The summed E-state index contributed by atoms with van der Waals surface area (Å²) < 4.78 is 1.89. The molecule has 26 heavy (non-hydrogen) atoms. The van der Waals surface area contributed by atoms with Crippen molar-refractivity contribution in [3.63, 3.8) is 0 Å². The smallest absolute Gasteiger partial charge is 0.154 e. The first-order valence-corrected chi connectivity index (χ1v) is 9.66. The zero-order chi connectivity index (χ0) is 17.9. The van der Waals surface area contributed by atoms with E-state index >= 15 is 0 Å². The molecule has 0 saturated heterocycles. The first kappa shape index (κ1) is 17.1. The van der Waals surface area contributed by atoms with Crippen LogP contribution in [0.2, 0.25) is 0 Å². The molecular formula is C20H22ClN5. The number of nitrogens with one attached hydrogen (secondary N) is 1. The number of imidazole rings is 1. The Labute approximate surface area is 158 Å². The van der Waals surface area contributed by atoms with Gasteiger partial charge in [-0.05, 0) is 55.7 Å². The quantitative estimate of drug-likeness (QED) is 0.812. The SMILES string of the molecule is N#C[C@H]1CC[C@H](CNc2ccc3ncc(C4=CC=CC(Cl)C4)n3n2)CC1. The minimum absolute atomic E-state index is 0.0189. The number of fused-ring (bicyclic) bond motifs is 1. The highest BCUT2D eigenvalue weighted by Crippen LogP contribution is 2.29. The first-order valence-electron chi connectivity index (χ1n) is 9.23. The Bertz CT molecular complexity index is 883. The van der Waals surface area contributed by atoms with Gasteiger partial charge in [0.25, 0.3) is 0 Å². The van der Waals surface area contributed by atoms with E-state index < -0.39 is 0 Å². The third kappa shape index (κ3) is 3.61. The summed E-state index contributed by atoms with van der Waals surface area (Å²) in [6, 6.07) is 6.36. The van der Waals surface area contributed by atoms with Gasteiger partial charge >= 0.3 is 0 Å². The monoisotopic (exact) mass is 367 g/mol. The van der Waals surface area contributed by atoms with E-state index in [0.717, 1.165) is 61.4 Å². The van der Waals surface area contributed by atoms with Crippen LogP contribution in [0, 0.1) is 23.2 Å². The molecule has 2 aliphatic rings. The summed E-state index contributed by atoms with van der Waals surface area (Å²) in [6.45, 7) is 0.899. The third-order valence-corrected chi connectivity index (χ3v) is 5.62. The maximum atomic E-state index is 9.01. The Morgan fingerprint density at radius 1 is 1.27 bits per heavy atom. The molecule has 1 unspecified atom stereocenters. The summed E-state index contributed by atoms with van der Waals surface area (Å²) in [7, 11) is 0. The van der Waals surface area contributed by atoms with Crippen LogP contribution in [0.4, 0.5) is 5.82 Å².